The first kappa shape index (κ1) is 16.1. The molecule has 0 aliphatic rings. The van der Waals surface area contributed by atoms with Gasteiger partial charge in [0.2, 0.25) is 0 Å². The minimum absolute atomic E-state index is 0.403. The maximum atomic E-state index is 11.9. The van der Waals surface area contributed by atoms with Crippen LogP contribution in [0.1, 0.15) is 17.5 Å². The van der Waals surface area contributed by atoms with Crippen molar-refractivity contribution >= 4 is 10.2 Å². The molecule has 0 aliphatic carbocycles. The van der Waals surface area contributed by atoms with Crippen molar-refractivity contribution in [2.24, 2.45) is 5.73 Å². The lowest BCUT2D eigenvalue weighted by molar-refractivity contribution is 0.453. The van der Waals surface area contributed by atoms with Gasteiger partial charge in [0.05, 0.1) is 0 Å². The number of hydrogen-bond donors (Lipinski definition) is 2. The Morgan fingerprint density at radius 2 is 2.00 bits per heavy atom. The zero-order valence-corrected chi connectivity index (χ0v) is 12.4. The molecule has 0 spiro atoms. The Labute approximate surface area is 116 Å². The molecule has 0 fully saturated rings. The summed E-state index contributed by atoms with van der Waals surface area (Å²) in [6.07, 6.45) is 1.35. The molecule has 1 rings (SSSR count). The van der Waals surface area contributed by atoms with E-state index in [1.54, 1.807) is 7.05 Å². The van der Waals surface area contributed by atoms with Crippen LogP contribution in [0.3, 0.4) is 0 Å². The smallest absolute Gasteiger partial charge is 0.279 e. The average molecular weight is 285 g/mol. The molecule has 19 heavy (non-hydrogen) atoms. The summed E-state index contributed by atoms with van der Waals surface area (Å²) in [5, 5.41) is 0. The SMILES string of the molecule is Cc1ccccc1CCNS(=O)(=O)N(C)CCCN. The van der Waals surface area contributed by atoms with Gasteiger partial charge < -0.3 is 5.73 Å². The number of aryl methyl sites for hydroxylation is 1. The molecule has 1 aromatic rings. The molecular weight excluding hydrogens is 262 g/mol. The van der Waals surface area contributed by atoms with Crippen molar-refractivity contribution in [1.29, 1.82) is 0 Å². The van der Waals surface area contributed by atoms with E-state index in [2.05, 4.69) is 4.72 Å². The third kappa shape index (κ3) is 5.28. The van der Waals surface area contributed by atoms with Crippen molar-refractivity contribution in [3.63, 3.8) is 0 Å². The van der Waals surface area contributed by atoms with E-state index in [-0.39, 0.29) is 0 Å². The van der Waals surface area contributed by atoms with Gasteiger partial charge in [-0.2, -0.15) is 12.7 Å². The molecular formula is C13H23N3O2S. The Morgan fingerprint density at radius 1 is 1.32 bits per heavy atom. The van der Waals surface area contributed by atoms with Crippen LogP contribution in [-0.4, -0.2) is 39.4 Å². The van der Waals surface area contributed by atoms with E-state index in [0.717, 1.165) is 5.56 Å². The third-order valence-electron chi connectivity index (χ3n) is 3.03. The molecule has 0 amide bonds. The topological polar surface area (TPSA) is 75.4 Å². The molecule has 5 nitrogen and oxygen atoms in total. The minimum atomic E-state index is -3.39. The van der Waals surface area contributed by atoms with Crippen molar-refractivity contribution < 1.29 is 8.42 Å². The zero-order chi connectivity index (χ0) is 14.3. The average Bonchev–Trinajstić information content (AvgIpc) is 2.38. The third-order valence-corrected chi connectivity index (χ3v) is 4.60. The van der Waals surface area contributed by atoms with Gasteiger partial charge >= 0.3 is 0 Å². The molecule has 0 heterocycles. The molecule has 0 unspecified atom stereocenters. The first-order valence-electron chi connectivity index (χ1n) is 6.43. The standard InChI is InChI=1S/C13H23N3O2S/c1-12-6-3-4-7-13(12)8-10-15-19(17,18)16(2)11-5-9-14/h3-4,6-7,15H,5,8-11,14H2,1-2H3. The summed E-state index contributed by atoms with van der Waals surface area (Å²) in [6.45, 7) is 3.36. The van der Waals surface area contributed by atoms with Gasteiger partial charge in [0, 0.05) is 20.1 Å². The number of benzene rings is 1. The van der Waals surface area contributed by atoms with Crippen LogP contribution in [0.5, 0.6) is 0 Å². The molecule has 3 N–H and O–H groups in total. The molecule has 0 radical (unpaired) electrons. The van der Waals surface area contributed by atoms with Crippen molar-refractivity contribution in [2.45, 2.75) is 19.8 Å². The molecule has 6 heteroatoms. The Bertz CT molecular complexity index is 488. The van der Waals surface area contributed by atoms with E-state index in [9.17, 15) is 8.42 Å². The molecule has 0 aliphatic heterocycles. The van der Waals surface area contributed by atoms with Gasteiger partial charge in [-0.3, -0.25) is 0 Å². The first-order chi connectivity index (χ1) is 8.97. The highest BCUT2D eigenvalue weighted by Crippen LogP contribution is 2.07. The molecule has 0 saturated carbocycles. The number of nitrogens with zero attached hydrogens (tertiary/aromatic N) is 1. The van der Waals surface area contributed by atoms with E-state index in [1.165, 1.54) is 9.87 Å². The number of rotatable bonds is 8. The predicted molar refractivity (Wildman–Crippen MR) is 78.1 cm³/mol. The van der Waals surface area contributed by atoms with Crippen LogP contribution in [0.4, 0.5) is 0 Å². The van der Waals surface area contributed by atoms with E-state index in [1.807, 2.05) is 31.2 Å². The highest BCUT2D eigenvalue weighted by molar-refractivity contribution is 7.87. The Hall–Kier alpha value is -0.950. The number of hydrogen-bond acceptors (Lipinski definition) is 3. The number of nitrogens with one attached hydrogen (secondary N) is 1. The summed E-state index contributed by atoms with van der Waals surface area (Å²) in [5.74, 6) is 0. The highest BCUT2D eigenvalue weighted by atomic mass is 32.2. The maximum absolute atomic E-state index is 11.9. The fourth-order valence-corrected chi connectivity index (χ4v) is 2.70. The lowest BCUT2D eigenvalue weighted by Gasteiger charge is -2.17. The summed E-state index contributed by atoms with van der Waals surface area (Å²) < 4.78 is 27.7. The summed E-state index contributed by atoms with van der Waals surface area (Å²) in [4.78, 5) is 0. The maximum Gasteiger partial charge on any atom is 0.279 e. The van der Waals surface area contributed by atoms with Gasteiger partial charge in [0.25, 0.3) is 10.2 Å². The molecule has 1 aromatic carbocycles. The van der Waals surface area contributed by atoms with Gasteiger partial charge in [-0.25, -0.2) is 4.72 Å². The summed E-state index contributed by atoms with van der Waals surface area (Å²) >= 11 is 0. The van der Waals surface area contributed by atoms with E-state index >= 15 is 0 Å². The lowest BCUT2D eigenvalue weighted by Crippen LogP contribution is -2.40. The molecule has 0 aromatic heterocycles. The zero-order valence-electron chi connectivity index (χ0n) is 11.6. The molecule has 108 valence electrons. The summed E-state index contributed by atoms with van der Waals surface area (Å²) in [5.41, 5.74) is 7.71. The highest BCUT2D eigenvalue weighted by Gasteiger charge is 2.15. The van der Waals surface area contributed by atoms with Crippen LogP contribution in [0.25, 0.3) is 0 Å². The molecule has 0 bridgehead atoms. The Balaban J connectivity index is 2.46. The predicted octanol–water partition coefficient (Wildman–Crippen LogP) is 0.653. The minimum Gasteiger partial charge on any atom is -0.330 e. The largest absolute Gasteiger partial charge is 0.330 e. The second kappa shape index (κ2) is 7.59. The Morgan fingerprint density at radius 3 is 2.63 bits per heavy atom. The van der Waals surface area contributed by atoms with Crippen molar-refractivity contribution in [3.05, 3.63) is 35.4 Å². The van der Waals surface area contributed by atoms with Gasteiger partial charge in [0.1, 0.15) is 0 Å². The van der Waals surface area contributed by atoms with Gasteiger partial charge in [-0.15, -0.1) is 0 Å². The monoisotopic (exact) mass is 285 g/mol. The van der Waals surface area contributed by atoms with Crippen LogP contribution in [-0.2, 0) is 16.6 Å². The molecule has 0 atom stereocenters. The van der Waals surface area contributed by atoms with E-state index in [0.29, 0.717) is 32.5 Å². The van der Waals surface area contributed by atoms with Crippen LogP contribution in [0.15, 0.2) is 24.3 Å². The van der Waals surface area contributed by atoms with Gasteiger partial charge in [0.15, 0.2) is 0 Å². The van der Waals surface area contributed by atoms with Crippen LogP contribution in [0, 0.1) is 6.92 Å². The van der Waals surface area contributed by atoms with Crippen LogP contribution in [0.2, 0.25) is 0 Å². The van der Waals surface area contributed by atoms with Gasteiger partial charge in [-0.05, 0) is 37.4 Å². The van der Waals surface area contributed by atoms with Crippen molar-refractivity contribution in [1.82, 2.24) is 9.03 Å². The first-order valence-corrected chi connectivity index (χ1v) is 7.87. The van der Waals surface area contributed by atoms with Gasteiger partial charge in [-0.1, -0.05) is 24.3 Å². The summed E-state index contributed by atoms with van der Waals surface area (Å²) in [7, 11) is -1.83. The van der Waals surface area contributed by atoms with Crippen LogP contribution >= 0.6 is 0 Å². The molecule has 0 saturated heterocycles. The van der Waals surface area contributed by atoms with Crippen LogP contribution < -0.4 is 10.5 Å². The normalized spacial score (nSPS) is 12.0. The second-order valence-corrected chi connectivity index (χ2v) is 6.40. The quantitative estimate of drug-likeness (QED) is 0.736. The van der Waals surface area contributed by atoms with E-state index in [4.69, 9.17) is 5.73 Å². The lowest BCUT2D eigenvalue weighted by atomic mass is 10.1. The fourth-order valence-electron chi connectivity index (χ4n) is 1.75. The van der Waals surface area contributed by atoms with Crippen molar-refractivity contribution in [2.75, 3.05) is 26.7 Å². The second-order valence-electron chi connectivity index (χ2n) is 4.54. The summed E-state index contributed by atoms with van der Waals surface area (Å²) in [6, 6.07) is 7.98. The van der Waals surface area contributed by atoms with Crippen molar-refractivity contribution in [3.8, 4) is 0 Å². The van der Waals surface area contributed by atoms with E-state index < -0.39 is 10.2 Å². The Kier molecular flexibility index (Phi) is 6.44. The fraction of sp³-hybridized carbons (Fsp3) is 0.538. The number of nitrogens with two attached hydrogens (primary N) is 1.